The van der Waals surface area contributed by atoms with Crippen LogP contribution in [0.25, 0.3) is 0 Å². The van der Waals surface area contributed by atoms with Gasteiger partial charge in [-0.25, -0.2) is 4.79 Å². The predicted octanol–water partition coefficient (Wildman–Crippen LogP) is 1.72. The molecule has 1 aromatic rings. The molecule has 2 N–H and O–H groups in total. The summed E-state index contributed by atoms with van der Waals surface area (Å²) in [6.45, 7) is 0.888. The van der Waals surface area contributed by atoms with Gasteiger partial charge in [-0.3, -0.25) is 10.1 Å². The molecule has 0 radical (unpaired) electrons. The molecule has 0 aromatic heterocycles. The van der Waals surface area contributed by atoms with Crippen molar-refractivity contribution in [1.29, 1.82) is 0 Å². The fourth-order valence-corrected chi connectivity index (χ4v) is 2.07. The van der Waals surface area contributed by atoms with E-state index >= 15 is 0 Å². The number of rotatable bonds is 3. The third-order valence-corrected chi connectivity index (χ3v) is 2.91. The summed E-state index contributed by atoms with van der Waals surface area (Å²) in [5.74, 6) is -1.28. The zero-order valence-electron chi connectivity index (χ0n) is 9.05. The Morgan fingerprint density at radius 1 is 1.53 bits per heavy atom. The normalized spacial score (nSPS) is 19.2. The predicted molar refractivity (Wildman–Crippen MR) is 60.0 cm³/mol. The van der Waals surface area contributed by atoms with Crippen molar-refractivity contribution >= 4 is 11.7 Å². The Bertz CT molecular complexity index is 467. The van der Waals surface area contributed by atoms with Gasteiger partial charge in [0, 0.05) is 12.1 Å². The van der Waals surface area contributed by atoms with Crippen LogP contribution < -0.4 is 5.32 Å². The summed E-state index contributed by atoms with van der Waals surface area (Å²) in [4.78, 5) is 21.0. The van der Waals surface area contributed by atoms with Gasteiger partial charge in [-0.15, -0.1) is 0 Å². The van der Waals surface area contributed by atoms with Crippen LogP contribution >= 0.6 is 0 Å². The van der Waals surface area contributed by atoms with Gasteiger partial charge in [0.2, 0.25) is 0 Å². The smallest absolute Gasteiger partial charge is 0.342 e. The molecule has 1 saturated heterocycles. The van der Waals surface area contributed by atoms with E-state index in [-0.39, 0.29) is 17.3 Å². The highest BCUT2D eigenvalue weighted by atomic mass is 16.6. The molecule has 1 aliphatic rings. The minimum absolute atomic E-state index is 0.0940. The molecule has 6 nitrogen and oxygen atoms in total. The third-order valence-electron chi connectivity index (χ3n) is 2.91. The molecule has 1 heterocycles. The van der Waals surface area contributed by atoms with Crippen LogP contribution in [0.3, 0.4) is 0 Å². The van der Waals surface area contributed by atoms with Crippen LogP contribution in [0.1, 0.15) is 34.8 Å². The first kappa shape index (κ1) is 11.5. The highest BCUT2D eigenvalue weighted by molar-refractivity contribution is 5.92. The van der Waals surface area contributed by atoms with Crippen molar-refractivity contribution in [3.05, 3.63) is 39.4 Å². The molecule has 1 fully saturated rings. The second-order valence-corrected chi connectivity index (χ2v) is 3.99. The first-order valence-corrected chi connectivity index (χ1v) is 5.34. The number of carbonyl (C=O) groups is 1. The Balaban J connectivity index is 2.41. The van der Waals surface area contributed by atoms with E-state index in [1.165, 1.54) is 12.1 Å². The summed E-state index contributed by atoms with van der Waals surface area (Å²) >= 11 is 0. The highest BCUT2D eigenvalue weighted by Crippen LogP contribution is 2.28. The van der Waals surface area contributed by atoms with Crippen molar-refractivity contribution in [3.8, 4) is 0 Å². The van der Waals surface area contributed by atoms with Gasteiger partial charge in [0.1, 0.15) is 5.56 Å². The number of carboxylic acid groups (broad SMARTS) is 1. The fraction of sp³-hybridized carbons (Fsp3) is 0.364. The Kier molecular flexibility index (Phi) is 3.06. The van der Waals surface area contributed by atoms with Gasteiger partial charge in [-0.2, -0.15) is 0 Å². The molecular formula is C11H12N2O4. The van der Waals surface area contributed by atoms with Crippen molar-refractivity contribution < 1.29 is 14.8 Å². The Morgan fingerprint density at radius 3 is 2.82 bits per heavy atom. The van der Waals surface area contributed by atoms with Gasteiger partial charge in [-0.1, -0.05) is 6.07 Å². The number of nitrogens with one attached hydrogen (secondary N) is 1. The van der Waals surface area contributed by atoms with Gasteiger partial charge in [0.05, 0.1) is 4.92 Å². The molecule has 0 unspecified atom stereocenters. The van der Waals surface area contributed by atoms with Crippen molar-refractivity contribution in [2.75, 3.05) is 6.54 Å². The van der Waals surface area contributed by atoms with Gasteiger partial charge < -0.3 is 10.4 Å². The summed E-state index contributed by atoms with van der Waals surface area (Å²) < 4.78 is 0. The summed E-state index contributed by atoms with van der Waals surface area (Å²) in [6.07, 6.45) is 1.95. The van der Waals surface area contributed by atoms with E-state index in [2.05, 4.69) is 5.32 Å². The van der Waals surface area contributed by atoms with Crippen LogP contribution in [-0.2, 0) is 0 Å². The Morgan fingerprint density at radius 2 is 2.29 bits per heavy atom. The number of hydrogen-bond acceptors (Lipinski definition) is 4. The molecule has 0 spiro atoms. The third kappa shape index (κ3) is 2.26. The Hall–Kier alpha value is -1.95. The average molecular weight is 236 g/mol. The summed E-state index contributed by atoms with van der Waals surface area (Å²) in [6, 6.07) is 4.39. The van der Waals surface area contributed by atoms with E-state index in [0.29, 0.717) is 0 Å². The second-order valence-electron chi connectivity index (χ2n) is 3.99. The number of nitrogens with zero attached hydrogens (tertiary/aromatic N) is 1. The van der Waals surface area contributed by atoms with Crippen LogP contribution in [0, 0.1) is 10.1 Å². The molecule has 1 aliphatic heterocycles. The quantitative estimate of drug-likeness (QED) is 0.615. The van der Waals surface area contributed by atoms with Crippen molar-refractivity contribution in [2.24, 2.45) is 0 Å². The first-order valence-electron chi connectivity index (χ1n) is 5.34. The minimum atomic E-state index is -1.28. The molecular weight excluding hydrogens is 224 g/mol. The average Bonchev–Trinajstić information content (AvgIpc) is 2.81. The number of nitro groups is 1. The maximum absolute atomic E-state index is 10.8. The van der Waals surface area contributed by atoms with Gasteiger partial charge in [0.15, 0.2) is 0 Å². The SMILES string of the molecule is O=C(O)c1ccc([C@H]2CCCN2)cc1[N+](=O)[O-]. The number of hydrogen-bond donors (Lipinski definition) is 2. The van der Waals surface area contributed by atoms with E-state index in [4.69, 9.17) is 5.11 Å². The molecule has 0 aliphatic carbocycles. The van der Waals surface area contributed by atoms with E-state index in [0.717, 1.165) is 24.9 Å². The van der Waals surface area contributed by atoms with E-state index in [9.17, 15) is 14.9 Å². The molecule has 0 bridgehead atoms. The molecule has 1 atom stereocenters. The van der Waals surface area contributed by atoms with Gasteiger partial charge in [-0.05, 0) is 31.0 Å². The lowest BCUT2D eigenvalue weighted by molar-refractivity contribution is -0.385. The van der Waals surface area contributed by atoms with E-state index in [1.807, 2.05) is 0 Å². The van der Waals surface area contributed by atoms with Gasteiger partial charge in [0.25, 0.3) is 5.69 Å². The van der Waals surface area contributed by atoms with E-state index in [1.54, 1.807) is 6.07 Å². The van der Waals surface area contributed by atoms with E-state index < -0.39 is 10.9 Å². The summed E-state index contributed by atoms with van der Waals surface area (Å²) in [7, 11) is 0. The lowest BCUT2D eigenvalue weighted by atomic mass is 10.0. The highest BCUT2D eigenvalue weighted by Gasteiger charge is 2.23. The zero-order valence-corrected chi connectivity index (χ0v) is 9.05. The maximum Gasteiger partial charge on any atom is 0.342 e. The molecule has 2 rings (SSSR count). The standard InChI is InChI=1S/C11H12N2O4/c14-11(15)8-4-3-7(6-10(8)13(16)17)9-2-1-5-12-9/h3-4,6,9,12H,1-2,5H2,(H,14,15)/t9-/m1/s1. The monoisotopic (exact) mass is 236 g/mol. The van der Waals surface area contributed by atoms with Crippen LogP contribution in [0.4, 0.5) is 5.69 Å². The zero-order chi connectivity index (χ0) is 12.4. The van der Waals surface area contributed by atoms with Crippen molar-refractivity contribution in [2.45, 2.75) is 18.9 Å². The number of aromatic carboxylic acids is 1. The summed E-state index contributed by atoms with van der Waals surface area (Å²) in [5.41, 5.74) is 0.166. The second kappa shape index (κ2) is 4.50. The van der Waals surface area contributed by atoms with Gasteiger partial charge >= 0.3 is 5.97 Å². The maximum atomic E-state index is 10.8. The first-order chi connectivity index (χ1) is 8.09. The number of nitro benzene ring substituents is 1. The topological polar surface area (TPSA) is 92.5 Å². The van der Waals surface area contributed by atoms with Crippen LogP contribution in [0.5, 0.6) is 0 Å². The van der Waals surface area contributed by atoms with Crippen LogP contribution in [0.15, 0.2) is 18.2 Å². The summed E-state index contributed by atoms with van der Waals surface area (Å²) in [5, 5.41) is 22.9. The molecule has 90 valence electrons. The molecule has 17 heavy (non-hydrogen) atoms. The molecule has 1 aromatic carbocycles. The fourth-order valence-electron chi connectivity index (χ4n) is 2.07. The largest absolute Gasteiger partial charge is 0.477 e. The van der Waals surface area contributed by atoms with Crippen molar-refractivity contribution in [3.63, 3.8) is 0 Å². The Labute approximate surface area is 97.4 Å². The molecule has 6 heteroatoms. The molecule has 0 saturated carbocycles. The van der Waals surface area contributed by atoms with Crippen molar-refractivity contribution in [1.82, 2.24) is 5.32 Å². The van der Waals surface area contributed by atoms with Crippen LogP contribution in [0.2, 0.25) is 0 Å². The lowest BCUT2D eigenvalue weighted by Gasteiger charge is -2.10. The molecule has 0 amide bonds. The van der Waals surface area contributed by atoms with Crippen LogP contribution in [-0.4, -0.2) is 22.5 Å². The lowest BCUT2D eigenvalue weighted by Crippen LogP contribution is -2.13. The minimum Gasteiger partial charge on any atom is -0.477 e. The number of benzene rings is 1. The number of carboxylic acids is 1.